The number of hydrogen-bond acceptors (Lipinski definition) is 4. The molecule has 0 aliphatic heterocycles. The number of carboxylic acid groups (broad SMARTS) is 1. The predicted octanol–water partition coefficient (Wildman–Crippen LogP) is 2.36. The van der Waals surface area contributed by atoms with Crippen LogP contribution >= 0.6 is 0 Å². The maximum Gasteiger partial charge on any atom is 0.342 e. The van der Waals surface area contributed by atoms with Crippen molar-refractivity contribution in [3.63, 3.8) is 0 Å². The van der Waals surface area contributed by atoms with Crippen molar-refractivity contribution in [1.82, 2.24) is 9.55 Å². The van der Waals surface area contributed by atoms with Crippen molar-refractivity contribution in [3.8, 4) is 5.69 Å². The standard InChI is InChI=1S/C14H13N3O4/c18-14(19)10-7-9(5-6-12(10)17(20)21)16-8-15-11-3-1-2-4-13(11)16/h5-8H,1-4H2,(H,18,19). The van der Waals surface area contributed by atoms with Gasteiger partial charge in [0, 0.05) is 17.4 Å². The summed E-state index contributed by atoms with van der Waals surface area (Å²) in [7, 11) is 0. The zero-order valence-electron chi connectivity index (χ0n) is 11.2. The largest absolute Gasteiger partial charge is 0.477 e. The summed E-state index contributed by atoms with van der Waals surface area (Å²) in [6.07, 6.45) is 5.63. The molecule has 0 saturated carbocycles. The van der Waals surface area contributed by atoms with Gasteiger partial charge < -0.3 is 9.67 Å². The van der Waals surface area contributed by atoms with Gasteiger partial charge in [-0.1, -0.05) is 0 Å². The minimum atomic E-state index is -1.31. The average Bonchev–Trinajstić information content (AvgIpc) is 2.90. The molecule has 3 rings (SSSR count). The van der Waals surface area contributed by atoms with Gasteiger partial charge in [0.15, 0.2) is 0 Å². The summed E-state index contributed by atoms with van der Waals surface area (Å²) in [5, 5.41) is 20.0. The Labute approximate surface area is 120 Å². The zero-order valence-corrected chi connectivity index (χ0v) is 11.2. The Balaban J connectivity index is 2.11. The number of nitrogens with zero attached hydrogens (tertiary/aromatic N) is 3. The van der Waals surface area contributed by atoms with E-state index in [1.54, 1.807) is 12.4 Å². The number of aromatic carboxylic acids is 1. The Morgan fingerprint density at radius 2 is 2.10 bits per heavy atom. The lowest BCUT2D eigenvalue weighted by atomic mass is 10.0. The van der Waals surface area contributed by atoms with E-state index in [1.165, 1.54) is 12.1 Å². The van der Waals surface area contributed by atoms with Gasteiger partial charge in [-0.3, -0.25) is 10.1 Å². The maximum absolute atomic E-state index is 11.2. The molecular weight excluding hydrogens is 274 g/mol. The monoisotopic (exact) mass is 287 g/mol. The summed E-state index contributed by atoms with van der Waals surface area (Å²) in [6.45, 7) is 0. The molecule has 0 fully saturated rings. The second kappa shape index (κ2) is 5.01. The molecule has 7 nitrogen and oxygen atoms in total. The van der Waals surface area contributed by atoms with Crippen LogP contribution in [0.25, 0.3) is 5.69 Å². The smallest absolute Gasteiger partial charge is 0.342 e. The van der Waals surface area contributed by atoms with Gasteiger partial charge in [-0.25, -0.2) is 9.78 Å². The minimum absolute atomic E-state index is 0.309. The van der Waals surface area contributed by atoms with E-state index < -0.39 is 16.6 Å². The molecule has 7 heteroatoms. The summed E-state index contributed by atoms with van der Waals surface area (Å²) in [6, 6.07) is 4.12. The molecule has 0 unspecified atom stereocenters. The van der Waals surface area contributed by atoms with E-state index in [-0.39, 0.29) is 5.56 Å². The quantitative estimate of drug-likeness (QED) is 0.690. The van der Waals surface area contributed by atoms with E-state index in [2.05, 4.69) is 4.98 Å². The highest BCUT2D eigenvalue weighted by atomic mass is 16.6. The molecule has 0 atom stereocenters. The van der Waals surface area contributed by atoms with E-state index in [1.807, 2.05) is 4.57 Å². The highest BCUT2D eigenvalue weighted by Crippen LogP contribution is 2.26. The summed E-state index contributed by atoms with van der Waals surface area (Å²) in [5.41, 5.74) is 1.97. The first-order chi connectivity index (χ1) is 10.1. The van der Waals surface area contributed by atoms with Gasteiger partial charge in [-0.05, 0) is 37.8 Å². The van der Waals surface area contributed by atoms with Gasteiger partial charge in [0.1, 0.15) is 5.56 Å². The first-order valence-corrected chi connectivity index (χ1v) is 6.65. The fourth-order valence-electron chi connectivity index (χ4n) is 2.70. The van der Waals surface area contributed by atoms with Crippen LogP contribution in [0, 0.1) is 10.1 Å². The number of nitro benzene ring substituents is 1. The number of carbonyl (C=O) groups is 1. The molecule has 0 radical (unpaired) electrons. The van der Waals surface area contributed by atoms with Crippen LogP contribution in [0.4, 0.5) is 5.69 Å². The van der Waals surface area contributed by atoms with Crippen molar-refractivity contribution < 1.29 is 14.8 Å². The summed E-state index contributed by atoms with van der Waals surface area (Å²) in [5.74, 6) is -1.31. The number of fused-ring (bicyclic) bond motifs is 1. The van der Waals surface area contributed by atoms with Gasteiger partial charge in [-0.15, -0.1) is 0 Å². The predicted molar refractivity (Wildman–Crippen MR) is 73.8 cm³/mol. The van der Waals surface area contributed by atoms with Crippen LogP contribution in [-0.4, -0.2) is 25.6 Å². The number of imidazole rings is 1. The van der Waals surface area contributed by atoms with E-state index in [9.17, 15) is 14.9 Å². The minimum Gasteiger partial charge on any atom is -0.477 e. The lowest BCUT2D eigenvalue weighted by Crippen LogP contribution is -2.08. The first-order valence-electron chi connectivity index (χ1n) is 6.65. The number of hydrogen-bond donors (Lipinski definition) is 1. The third kappa shape index (κ3) is 2.26. The van der Waals surface area contributed by atoms with Crippen molar-refractivity contribution in [1.29, 1.82) is 0 Å². The van der Waals surface area contributed by atoms with Crippen LogP contribution in [0.2, 0.25) is 0 Å². The van der Waals surface area contributed by atoms with Crippen LogP contribution in [-0.2, 0) is 12.8 Å². The molecule has 1 heterocycles. The Morgan fingerprint density at radius 3 is 2.81 bits per heavy atom. The Bertz CT molecular complexity index is 736. The van der Waals surface area contributed by atoms with E-state index in [0.717, 1.165) is 37.1 Å². The second-order valence-corrected chi connectivity index (χ2v) is 4.98. The van der Waals surface area contributed by atoms with Crippen molar-refractivity contribution in [2.75, 3.05) is 0 Å². The third-order valence-corrected chi connectivity index (χ3v) is 3.72. The Morgan fingerprint density at radius 1 is 1.33 bits per heavy atom. The van der Waals surface area contributed by atoms with Crippen molar-refractivity contribution >= 4 is 11.7 Å². The first kappa shape index (κ1) is 13.3. The molecule has 1 aliphatic rings. The molecule has 0 spiro atoms. The number of aryl methyl sites for hydroxylation is 1. The Kier molecular flexibility index (Phi) is 3.17. The van der Waals surface area contributed by atoms with Crippen LogP contribution in [0.15, 0.2) is 24.5 Å². The summed E-state index contributed by atoms with van der Waals surface area (Å²) < 4.78 is 1.82. The highest BCUT2D eigenvalue weighted by Gasteiger charge is 2.22. The van der Waals surface area contributed by atoms with E-state index in [4.69, 9.17) is 5.11 Å². The van der Waals surface area contributed by atoms with Gasteiger partial charge >= 0.3 is 5.97 Å². The lowest BCUT2D eigenvalue weighted by Gasteiger charge is -2.14. The molecule has 108 valence electrons. The Hall–Kier alpha value is -2.70. The fraction of sp³-hybridized carbons (Fsp3) is 0.286. The molecule has 1 aliphatic carbocycles. The number of nitro groups is 1. The molecule has 1 N–H and O–H groups in total. The van der Waals surface area contributed by atoms with Gasteiger partial charge in [-0.2, -0.15) is 0 Å². The van der Waals surface area contributed by atoms with E-state index >= 15 is 0 Å². The lowest BCUT2D eigenvalue weighted by molar-refractivity contribution is -0.385. The molecule has 0 saturated heterocycles. The topological polar surface area (TPSA) is 98.3 Å². The molecular formula is C14H13N3O4. The van der Waals surface area contributed by atoms with E-state index in [0.29, 0.717) is 5.69 Å². The van der Waals surface area contributed by atoms with Gasteiger partial charge in [0.05, 0.1) is 16.9 Å². The van der Waals surface area contributed by atoms with Crippen LogP contribution in [0.3, 0.4) is 0 Å². The third-order valence-electron chi connectivity index (χ3n) is 3.72. The second-order valence-electron chi connectivity index (χ2n) is 4.98. The number of rotatable bonds is 3. The molecule has 2 aromatic rings. The number of aromatic nitrogens is 2. The van der Waals surface area contributed by atoms with Crippen molar-refractivity contribution in [2.45, 2.75) is 25.7 Å². The van der Waals surface area contributed by atoms with Crippen LogP contribution in [0.5, 0.6) is 0 Å². The maximum atomic E-state index is 11.2. The highest BCUT2D eigenvalue weighted by molar-refractivity contribution is 5.93. The van der Waals surface area contributed by atoms with Crippen LogP contribution in [0.1, 0.15) is 34.6 Å². The molecule has 0 bridgehead atoms. The SMILES string of the molecule is O=C(O)c1cc(-n2cnc3c2CCCC3)ccc1[N+](=O)[O-]. The number of carboxylic acids is 1. The summed E-state index contributed by atoms with van der Waals surface area (Å²) >= 11 is 0. The number of benzene rings is 1. The normalized spacial score (nSPS) is 13.7. The molecule has 1 aromatic carbocycles. The van der Waals surface area contributed by atoms with Gasteiger partial charge in [0.25, 0.3) is 5.69 Å². The van der Waals surface area contributed by atoms with Crippen LogP contribution < -0.4 is 0 Å². The molecule has 21 heavy (non-hydrogen) atoms. The van der Waals surface area contributed by atoms with Crippen molar-refractivity contribution in [3.05, 3.63) is 51.6 Å². The molecule has 0 amide bonds. The zero-order chi connectivity index (χ0) is 15.0. The van der Waals surface area contributed by atoms with Crippen molar-refractivity contribution in [2.24, 2.45) is 0 Å². The fourth-order valence-corrected chi connectivity index (χ4v) is 2.70. The molecule has 1 aromatic heterocycles. The van der Waals surface area contributed by atoms with Gasteiger partial charge in [0.2, 0.25) is 0 Å². The average molecular weight is 287 g/mol. The summed E-state index contributed by atoms with van der Waals surface area (Å²) in [4.78, 5) is 25.8.